The van der Waals surface area contributed by atoms with Crippen molar-refractivity contribution >= 4 is 11.6 Å². The number of benzene rings is 1. The third-order valence-corrected chi connectivity index (χ3v) is 3.97. The third-order valence-electron chi connectivity index (χ3n) is 3.97. The summed E-state index contributed by atoms with van der Waals surface area (Å²) < 4.78 is 5.34. The van der Waals surface area contributed by atoms with Crippen LogP contribution in [0.15, 0.2) is 24.3 Å². The number of carbonyl (C=O) groups excluding carboxylic acids is 1. The summed E-state index contributed by atoms with van der Waals surface area (Å²) in [5, 5.41) is 3.05. The van der Waals surface area contributed by atoms with E-state index in [9.17, 15) is 4.79 Å². The first-order valence-corrected chi connectivity index (χ1v) is 6.89. The summed E-state index contributed by atoms with van der Waals surface area (Å²) in [6.07, 6.45) is 2.29. The monoisotopic (exact) mass is 262 g/mol. The number of aryl methyl sites for hydroxylation is 1. The van der Waals surface area contributed by atoms with Crippen molar-refractivity contribution in [1.82, 2.24) is 0 Å². The number of ether oxygens (including phenoxy) is 1. The minimum Gasteiger partial charge on any atom is -0.381 e. The lowest BCUT2D eigenvalue weighted by molar-refractivity contribution is -0.130. The zero-order chi connectivity index (χ0) is 13.7. The highest BCUT2D eigenvalue weighted by atomic mass is 16.5. The first-order chi connectivity index (χ1) is 9.22. The Balaban J connectivity index is 2.15. The standard InChI is InChI=1S/C15H22N2O2/c1-2-12-5-3-4-6-13(12)17-14(18)15(11-16)7-9-19-10-8-15/h3-6H,2,7-11,16H2,1H3,(H,17,18). The molecule has 4 nitrogen and oxygen atoms in total. The van der Waals surface area contributed by atoms with Crippen molar-refractivity contribution in [3.05, 3.63) is 29.8 Å². The molecule has 0 radical (unpaired) electrons. The van der Waals surface area contributed by atoms with Gasteiger partial charge in [-0.3, -0.25) is 4.79 Å². The Morgan fingerprint density at radius 1 is 1.37 bits per heavy atom. The molecule has 2 rings (SSSR count). The van der Waals surface area contributed by atoms with Gasteiger partial charge in [0.15, 0.2) is 0 Å². The van der Waals surface area contributed by atoms with E-state index in [1.54, 1.807) is 0 Å². The van der Waals surface area contributed by atoms with Crippen LogP contribution in [-0.2, 0) is 16.0 Å². The van der Waals surface area contributed by atoms with E-state index >= 15 is 0 Å². The van der Waals surface area contributed by atoms with Gasteiger partial charge in [-0.25, -0.2) is 0 Å². The van der Waals surface area contributed by atoms with Gasteiger partial charge in [0.05, 0.1) is 5.41 Å². The van der Waals surface area contributed by atoms with Gasteiger partial charge < -0.3 is 15.8 Å². The van der Waals surface area contributed by atoms with Gasteiger partial charge in [-0.05, 0) is 30.9 Å². The molecule has 0 saturated carbocycles. The second kappa shape index (κ2) is 6.17. The van der Waals surface area contributed by atoms with Crippen molar-refractivity contribution < 1.29 is 9.53 Å². The maximum atomic E-state index is 12.5. The molecule has 1 heterocycles. The predicted octanol–water partition coefficient (Wildman–Crippen LogP) is 1.94. The molecule has 1 aromatic rings. The fourth-order valence-corrected chi connectivity index (χ4v) is 2.49. The maximum absolute atomic E-state index is 12.5. The number of hydrogen-bond donors (Lipinski definition) is 2. The van der Waals surface area contributed by atoms with Crippen LogP contribution in [0.25, 0.3) is 0 Å². The summed E-state index contributed by atoms with van der Waals surface area (Å²) >= 11 is 0. The Morgan fingerprint density at radius 3 is 2.68 bits per heavy atom. The number of carbonyl (C=O) groups is 1. The molecule has 1 fully saturated rings. The van der Waals surface area contributed by atoms with Gasteiger partial charge in [-0.1, -0.05) is 25.1 Å². The van der Waals surface area contributed by atoms with Crippen LogP contribution in [0.2, 0.25) is 0 Å². The Hall–Kier alpha value is -1.39. The highest BCUT2D eigenvalue weighted by Crippen LogP contribution is 2.31. The largest absolute Gasteiger partial charge is 0.381 e. The second-order valence-corrected chi connectivity index (χ2v) is 5.06. The summed E-state index contributed by atoms with van der Waals surface area (Å²) in [5.41, 5.74) is 7.42. The van der Waals surface area contributed by atoms with Gasteiger partial charge in [-0.15, -0.1) is 0 Å². The number of rotatable bonds is 4. The zero-order valence-corrected chi connectivity index (χ0v) is 11.4. The first-order valence-electron chi connectivity index (χ1n) is 6.89. The SMILES string of the molecule is CCc1ccccc1NC(=O)C1(CN)CCOCC1. The van der Waals surface area contributed by atoms with Crippen LogP contribution in [0.1, 0.15) is 25.3 Å². The van der Waals surface area contributed by atoms with Crippen LogP contribution >= 0.6 is 0 Å². The molecule has 0 atom stereocenters. The third kappa shape index (κ3) is 2.96. The molecule has 3 N–H and O–H groups in total. The molecular weight excluding hydrogens is 240 g/mol. The van der Waals surface area contributed by atoms with Crippen molar-refractivity contribution in [2.45, 2.75) is 26.2 Å². The minimum absolute atomic E-state index is 0.0270. The molecule has 1 aliphatic heterocycles. The lowest BCUT2D eigenvalue weighted by Crippen LogP contribution is -2.46. The number of anilines is 1. The van der Waals surface area contributed by atoms with Crippen LogP contribution in [0, 0.1) is 5.41 Å². The van der Waals surface area contributed by atoms with Crippen molar-refractivity contribution in [3.63, 3.8) is 0 Å². The van der Waals surface area contributed by atoms with Gasteiger partial charge in [0.2, 0.25) is 5.91 Å². The highest BCUT2D eigenvalue weighted by Gasteiger charge is 2.38. The lowest BCUT2D eigenvalue weighted by Gasteiger charge is -2.34. The minimum atomic E-state index is -0.473. The summed E-state index contributed by atoms with van der Waals surface area (Å²) in [6, 6.07) is 7.91. The van der Waals surface area contributed by atoms with Gasteiger partial charge in [0.25, 0.3) is 0 Å². The molecule has 104 valence electrons. The van der Waals surface area contributed by atoms with Crippen molar-refractivity contribution in [3.8, 4) is 0 Å². The van der Waals surface area contributed by atoms with Crippen molar-refractivity contribution in [2.75, 3.05) is 25.1 Å². The molecule has 0 aromatic heterocycles. The van der Waals surface area contributed by atoms with E-state index in [2.05, 4.69) is 12.2 Å². The Labute approximate surface area is 114 Å². The Kier molecular flexibility index (Phi) is 4.56. The molecule has 0 bridgehead atoms. The van der Waals surface area contributed by atoms with E-state index in [-0.39, 0.29) is 5.91 Å². The van der Waals surface area contributed by atoms with E-state index in [0.717, 1.165) is 17.7 Å². The van der Waals surface area contributed by atoms with Crippen LogP contribution in [0.3, 0.4) is 0 Å². The van der Waals surface area contributed by atoms with Crippen LogP contribution < -0.4 is 11.1 Å². The Bertz CT molecular complexity index is 440. The molecular formula is C15H22N2O2. The fourth-order valence-electron chi connectivity index (χ4n) is 2.49. The quantitative estimate of drug-likeness (QED) is 0.871. The molecule has 4 heteroatoms. The van der Waals surface area contributed by atoms with Crippen LogP contribution in [0.5, 0.6) is 0 Å². The van der Waals surface area contributed by atoms with E-state index in [4.69, 9.17) is 10.5 Å². The molecule has 1 amide bonds. The number of hydrogen-bond acceptors (Lipinski definition) is 3. The van der Waals surface area contributed by atoms with Gasteiger partial charge >= 0.3 is 0 Å². The number of amides is 1. The average Bonchev–Trinajstić information content (AvgIpc) is 2.48. The van der Waals surface area contributed by atoms with Crippen molar-refractivity contribution in [2.24, 2.45) is 11.1 Å². The zero-order valence-electron chi connectivity index (χ0n) is 11.4. The molecule has 1 aliphatic rings. The van der Waals surface area contributed by atoms with E-state index in [1.165, 1.54) is 0 Å². The summed E-state index contributed by atoms with van der Waals surface area (Å²) in [6.45, 7) is 3.68. The lowest BCUT2D eigenvalue weighted by atomic mass is 9.79. The van der Waals surface area contributed by atoms with E-state index in [0.29, 0.717) is 32.6 Å². The number of nitrogens with one attached hydrogen (secondary N) is 1. The smallest absolute Gasteiger partial charge is 0.232 e. The van der Waals surface area contributed by atoms with Gasteiger partial charge in [0, 0.05) is 25.4 Å². The number of para-hydroxylation sites is 1. The van der Waals surface area contributed by atoms with Crippen molar-refractivity contribution in [1.29, 1.82) is 0 Å². The molecule has 0 unspecified atom stereocenters. The van der Waals surface area contributed by atoms with Crippen LogP contribution in [-0.4, -0.2) is 25.7 Å². The molecule has 0 aliphatic carbocycles. The summed E-state index contributed by atoms with van der Waals surface area (Å²) in [4.78, 5) is 12.5. The molecule has 1 saturated heterocycles. The molecule has 19 heavy (non-hydrogen) atoms. The summed E-state index contributed by atoms with van der Waals surface area (Å²) in [7, 11) is 0. The maximum Gasteiger partial charge on any atom is 0.232 e. The predicted molar refractivity (Wildman–Crippen MR) is 76.0 cm³/mol. The topological polar surface area (TPSA) is 64.4 Å². The normalized spacial score (nSPS) is 18.0. The van der Waals surface area contributed by atoms with Crippen LogP contribution in [0.4, 0.5) is 5.69 Å². The van der Waals surface area contributed by atoms with Gasteiger partial charge in [-0.2, -0.15) is 0 Å². The van der Waals surface area contributed by atoms with E-state index < -0.39 is 5.41 Å². The summed E-state index contributed by atoms with van der Waals surface area (Å²) in [5.74, 6) is 0.0270. The molecule has 0 spiro atoms. The van der Waals surface area contributed by atoms with E-state index in [1.807, 2.05) is 24.3 Å². The second-order valence-electron chi connectivity index (χ2n) is 5.06. The fraction of sp³-hybridized carbons (Fsp3) is 0.533. The first kappa shape index (κ1) is 14.0. The molecule has 1 aromatic carbocycles. The average molecular weight is 262 g/mol. The van der Waals surface area contributed by atoms with Gasteiger partial charge in [0.1, 0.15) is 0 Å². The highest BCUT2D eigenvalue weighted by molar-refractivity contribution is 5.96. The Morgan fingerprint density at radius 2 is 2.05 bits per heavy atom. The number of nitrogens with two attached hydrogens (primary N) is 1.